The van der Waals surface area contributed by atoms with E-state index in [1.807, 2.05) is 38.4 Å². The summed E-state index contributed by atoms with van der Waals surface area (Å²) < 4.78 is 0. The number of rotatable bonds is 8. The number of nitrogens with zero attached hydrogens (tertiary/aromatic N) is 4. The van der Waals surface area contributed by atoms with Gasteiger partial charge in [-0.3, -0.25) is 9.59 Å². The molecule has 0 atom stereocenters. The zero-order chi connectivity index (χ0) is 19.8. The minimum atomic E-state index is -0.164. The van der Waals surface area contributed by atoms with Crippen LogP contribution in [-0.4, -0.2) is 93.5 Å². The predicted octanol–water partition coefficient (Wildman–Crippen LogP) is 1.18. The molecule has 27 heavy (non-hydrogen) atoms. The molecule has 7 heteroatoms. The van der Waals surface area contributed by atoms with Crippen LogP contribution < -0.4 is 10.2 Å². The van der Waals surface area contributed by atoms with Crippen LogP contribution in [0.4, 0.5) is 11.4 Å². The van der Waals surface area contributed by atoms with Crippen molar-refractivity contribution in [3.8, 4) is 0 Å². The van der Waals surface area contributed by atoms with Crippen LogP contribution in [0.25, 0.3) is 0 Å². The Balaban J connectivity index is 1.84. The SMILES string of the molecule is CC(=O)N(CCCN(C)C)CC(=O)Nc1ccc(N2CCN(C)CC2)cc1. The third-order valence-corrected chi connectivity index (χ3v) is 4.83. The van der Waals surface area contributed by atoms with E-state index in [1.54, 1.807) is 4.90 Å². The maximum atomic E-state index is 12.3. The molecule has 1 heterocycles. The van der Waals surface area contributed by atoms with Crippen LogP contribution in [0.2, 0.25) is 0 Å². The van der Waals surface area contributed by atoms with Crippen molar-refractivity contribution in [1.29, 1.82) is 0 Å². The molecule has 0 radical (unpaired) electrons. The van der Waals surface area contributed by atoms with Gasteiger partial charge in [-0.05, 0) is 58.4 Å². The summed E-state index contributed by atoms with van der Waals surface area (Å²) in [7, 11) is 6.13. The fourth-order valence-corrected chi connectivity index (χ4v) is 3.12. The third-order valence-electron chi connectivity index (χ3n) is 4.83. The number of hydrogen-bond acceptors (Lipinski definition) is 5. The molecule has 1 saturated heterocycles. The maximum Gasteiger partial charge on any atom is 0.243 e. The lowest BCUT2D eigenvalue weighted by atomic mass is 10.2. The largest absolute Gasteiger partial charge is 0.369 e. The fourth-order valence-electron chi connectivity index (χ4n) is 3.12. The number of carbonyl (C=O) groups excluding carboxylic acids is 2. The summed E-state index contributed by atoms with van der Waals surface area (Å²) in [5.74, 6) is -0.239. The summed E-state index contributed by atoms with van der Waals surface area (Å²) in [5.41, 5.74) is 1.94. The number of anilines is 2. The van der Waals surface area contributed by atoms with E-state index in [0.29, 0.717) is 6.54 Å². The van der Waals surface area contributed by atoms with Gasteiger partial charge in [0.05, 0.1) is 6.54 Å². The number of piperazine rings is 1. The molecule has 0 aliphatic carbocycles. The van der Waals surface area contributed by atoms with Gasteiger partial charge in [0.1, 0.15) is 0 Å². The number of likely N-dealkylation sites (N-methyl/N-ethyl adjacent to an activating group) is 1. The zero-order valence-electron chi connectivity index (χ0n) is 17.1. The van der Waals surface area contributed by atoms with E-state index in [4.69, 9.17) is 0 Å². The molecule has 1 N–H and O–H groups in total. The van der Waals surface area contributed by atoms with E-state index >= 15 is 0 Å². The summed E-state index contributed by atoms with van der Waals surface area (Å²) in [6.45, 7) is 7.23. The fraction of sp³-hybridized carbons (Fsp3) is 0.600. The van der Waals surface area contributed by atoms with Gasteiger partial charge >= 0.3 is 0 Å². The lowest BCUT2D eigenvalue weighted by molar-refractivity contribution is -0.132. The minimum Gasteiger partial charge on any atom is -0.369 e. The Hall–Kier alpha value is -2.12. The predicted molar refractivity (Wildman–Crippen MR) is 110 cm³/mol. The summed E-state index contributed by atoms with van der Waals surface area (Å²) in [5, 5.41) is 2.89. The Kier molecular flexibility index (Phi) is 8.06. The highest BCUT2D eigenvalue weighted by Crippen LogP contribution is 2.19. The second-order valence-electron chi connectivity index (χ2n) is 7.48. The lowest BCUT2D eigenvalue weighted by Gasteiger charge is -2.34. The van der Waals surface area contributed by atoms with Gasteiger partial charge in [-0.2, -0.15) is 0 Å². The van der Waals surface area contributed by atoms with Gasteiger partial charge in [-0.1, -0.05) is 0 Å². The Labute approximate surface area is 162 Å². The summed E-state index contributed by atoms with van der Waals surface area (Å²) in [4.78, 5) is 32.4. The molecule has 0 bridgehead atoms. The first-order chi connectivity index (χ1) is 12.8. The zero-order valence-corrected chi connectivity index (χ0v) is 17.1. The Morgan fingerprint density at radius 1 is 1.04 bits per heavy atom. The quantitative estimate of drug-likeness (QED) is 0.739. The first-order valence-corrected chi connectivity index (χ1v) is 9.59. The van der Waals surface area contributed by atoms with Crippen LogP contribution in [0.15, 0.2) is 24.3 Å². The molecule has 1 fully saturated rings. The van der Waals surface area contributed by atoms with Crippen molar-refractivity contribution < 1.29 is 9.59 Å². The molecule has 2 amide bonds. The molecule has 0 aromatic heterocycles. The van der Waals surface area contributed by atoms with E-state index in [0.717, 1.165) is 44.8 Å². The van der Waals surface area contributed by atoms with E-state index in [9.17, 15) is 9.59 Å². The van der Waals surface area contributed by atoms with Crippen molar-refractivity contribution >= 4 is 23.2 Å². The molecule has 0 spiro atoms. The monoisotopic (exact) mass is 375 g/mol. The van der Waals surface area contributed by atoms with Crippen LogP contribution in [-0.2, 0) is 9.59 Å². The first-order valence-electron chi connectivity index (χ1n) is 9.59. The summed E-state index contributed by atoms with van der Waals surface area (Å²) in [6.07, 6.45) is 0.847. The van der Waals surface area contributed by atoms with Crippen molar-refractivity contribution in [2.45, 2.75) is 13.3 Å². The van der Waals surface area contributed by atoms with Gasteiger partial charge in [0, 0.05) is 51.0 Å². The molecule has 1 aromatic carbocycles. The smallest absolute Gasteiger partial charge is 0.243 e. The van der Waals surface area contributed by atoms with Crippen LogP contribution in [0.3, 0.4) is 0 Å². The normalized spacial score (nSPS) is 15.1. The van der Waals surface area contributed by atoms with Gasteiger partial charge in [0.25, 0.3) is 0 Å². The number of hydrogen-bond donors (Lipinski definition) is 1. The Morgan fingerprint density at radius 3 is 2.22 bits per heavy atom. The second-order valence-corrected chi connectivity index (χ2v) is 7.48. The summed E-state index contributed by atoms with van der Waals surface area (Å²) in [6, 6.07) is 7.94. The first kappa shape index (κ1) is 21.2. The molecule has 7 nitrogen and oxygen atoms in total. The molecule has 0 saturated carbocycles. The van der Waals surface area contributed by atoms with E-state index < -0.39 is 0 Å². The van der Waals surface area contributed by atoms with Gasteiger partial charge in [0.15, 0.2) is 0 Å². The van der Waals surface area contributed by atoms with Gasteiger partial charge in [0.2, 0.25) is 11.8 Å². The van der Waals surface area contributed by atoms with Crippen LogP contribution >= 0.6 is 0 Å². The van der Waals surface area contributed by atoms with Crippen molar-refractivity contribution in [2.75, 3.05) is 77.2 Å². The van der Waals surface area contributed by atoms with Gasteiger partial charge in [-0.25, -0.2) is 0 Å². The standard InChI is InChI=1S/C20H33N5O2/c1-17(26)25(11-5-10-22(2)3)16-20(27)21-18-6-8-19(9-7-18)24-14-12-23(4)13-15-24/h6-9H,5,10-16H2,1-4H3,(H,21,27). The molecule has 0 unspecified atom stereocenters. The average Bonchev–Trinajstić information content (AvgIpc) is 2.62. The molecule has 1 aliphatic rings. The molecule has 1 aliphatic heterocycles. The van der Waals surface area contributed by atoms with Crippen molar-refractivity contribution in [2.24, 2.45) is 0 Å². The molecule has 1 aromatic rings. The number of carbonyl (C=O) groups is 2. The lowest BCUT2D eigenvalue weighted by Crippen LogP contribution is -2.44. The molecule has 150 valence electrons. The van der Waals surface area contributed by atoms with Crippen molar-refractivity contribution in [1.82, 2.24) is 14.7 Å². The Morgan fingerprint density at radius 2 is 1.67 bits per heavy atom. The minimum absolute atomic E-state index is 0.0747. The highest BCUT2D eigenvalue weighted by molar-refractivity contribution is 5.94. The second kappa shape index (κ2) is 10.3. The molecular formula is C20H33N5O2. The van der Waals surface area contributed by atoms with E-state index in [2.05, 4.69) is 27.1 Å². The number of nitrogens with one attached hydrogen (secondary N) is 1. The van der Waals surface area contributed by atoms with Gasteiger partial charge in [-0.15, -0.1) is 0 Å². The third kappa shape index (κ3) is 7.19. The number of benzene rings is 1. The highest BCUT2D eigenvalue weighted by Gasteiger charge is 2.15. The highest BCUT2D eigenvalue weighted by atomic mass is 16.2. The van der Waals surface area contributed by atoms with Crippen LogP contribution in [0.1, 0.15) is 13.3 Å². The van der Waals surface area contributed by atoms with E-state index in [1.165, 1.54) is 12.6 Å². The van der Waals surface area contributed by atoms with Crippen molar-refractivity contribution in [3.05, 3.63) is 24.3 Å². The Bertz CT molecular complexity index is 609. The summed E-state index contributed by atoms with van der Waals surface area (Å²) >= 11 is 0. The topological polar surface area (TPSA) is 59.1 Å². The van der Waals surface area contributed by atoms with Crippen molar-refractivity contribution in [3.63, 3.8) is 0 Å². The number of amides is 2. The van der Waals surface area contributed by atoms with Crippen LogP contribution in [0.5, 0.6) is 0 Å². The maximum absolute atomic E-state index is 12.3. The molecular weight excluding hydrogens is 342 g/mol. The average molecular weight is 376 g/mol. The van der Waals surface area contributed by atoms with E-state index in [-0.39, 0.29) is 18.4 Å². The molecule has 2 rings (SSSR count). The van der Waals surface area contributed by atoms with Gasteiger partial charge < -0.3 is 24.9 Å². The van der Waals surface area contributed by atoms with Crippen LogP contribution in [0, 0.1) is 0 Å².